The molecular formula is C9H17O6P. The van der Waals surface area contributed by atoms with Crippen molar-refractivity contribution in [2.75, 3.05) is 12.8 Å². The SMILES string of the molecule is CCOP(=O)(O)CC1(OC(=O)O)CCCC1. The van der Waals surface area contributed by atoms with Crippen molar-refractivity contribution in [1.29, 1.82) is 0 Å². The summed E-state index contributed by atoms with van der Waals surface area (Å²) in [5.74, 6) is 0. The van der Waals surface area contributed by atoms with Crippen LogP contribution in [0.15, 0.2) is 0 Å². The predicted octanol–water partition coefficient (Wildman–Crippen LogP) is 2.22. The molecule has 7 heteroatoms. The first-order chi connectivity index (χ1) is 7.39. The van der Waals surface area contributed by atoms with Crippen LogP contribution in [0, 0.1) is 0 Å². The molecule has 1 aliphatic rings. The normalized spacial score (nSPS) is 22.6. The zero-order valence-corrected chi connectivity index (χ0v) is 10.1. The van der Waals surface area contributed by atoms with E-state index in [0.29, 0.717) is 12.8 Å². The zero-order valence-electron chi connectivity index (χ0n) is 9.22. The highest BCUT2D eigenvalue weighted by atomic mass is 31.2. The number of carboxylic acid groups (broad SMARTS) is 1. The number of hydrogen-bond donors (Lipinski definition) is 2. The first kappa shape index (κ1) is 13.5. The molecule has 2 N–H and O–H groups in total. The molecule has 0 amide bonds. The molecule has 0 aromatic heterocycles. The summed E-state index contributed by atoms with van der Waals surface area (Å²) < 4.78 is 21.1. The lowest BCUT2D eigenvalue weighted by Gasteiger charge is -2.28. The van der Waals surface area contributed by atoms with Crippen LogP contribution in [-0.4, -0.2) is 34.5 Å². The minimum atomic E-state index is -3.75. The van der Waals surface area contributed by atoms with E-state index in [9.17, 15) is 14.3 Å². The monoisotopic (exact) mass is 252 g/mol. The van der Waals surface area contributed by atoms with E-state index >= 15 is 0 Å². The fourth-order valence-electron chi connectivity index (χ4n) is 2.11. The Labute approximate surface area is 94.1 Å². The molecule has 6 nitrogen and oxygen atoms in total. The fourth-order valence-corrected chi connectivity index (χ4v) is 3.71. The lowest BCUT2D eigenvalue weighted by atomic mass is 10.1. The van der Waals surface area contributed by atoms with Crippen LogP contribution in [0.5, 0.6) is 0 Å². The van der Waals surface area contributed by atoms with Crippen LogP contribution in [-0.2, 0) is 13.8 Å². The van der Waals surface area contributed by atoms with Gasteiger partial charge in [0.25, 0.3) is 0 Å². The Kier molecular flexibility index (Phi) is 4.35. The molecule has 0 spiro atoms. The van der Waals surface area contributed by atoms with E-state index in [1.807, 2.05) is 0 Å². The number of hydrogen-bond acceptors (Lipinski definition) is 4. The molecule has 1 aliphatic carbocycles. The van der Waals surface area contributed by atoms with Crippen molar-refractivity contribution in [2.45, 2.75) is 38.2 Å². The highest BCUT2D eigenvalue weighted by Gasteiger charge is 2.44. The van der Waals surface area contributed by atoms with Crippen molar-refractivity contribution in [3.8, 4) is 0 Å². The maximum Gasteiger partial charge on any atom is 0.506 e. The summed E-state index contributed by atoms with van der Waals surface area (Å²) in [5, 5.41) is 8.63. The maximum atomic E-state index is 11.6. The Hall–Kier alpha value is -0.580. The molecule has 0 bridgehead atoms. The Morgan fingerprint density at radius 3 is 2.44 bits per heavy atom. The van der Waals surface area contributed by atoms with Gasteiger partial charge in [-0.1, -0.05) is 0 Å². The molecule has 0 radical (unpaired) electrons. The molecule has 0 saturated heterocycles. The molecule has 1 rings (SSSR count). The molecule has 94 valence electrons. The molecule has 1 unspecified atom stereocenters. The predicted molar refractivity (Wildman–Crippen MR) is 56.6 cm³/mol. The summed E-state index contributed by atoms with van der Waals surface area (Å²) in [5.41, 5.74) is -1.04. The van der Waals surface area contributed by atoms with Crippen LogP contribution in [0.2, 0.25) is 0 Å². The summed E-state index contributed by atoms with van der Waals surface area (Å²) in [6, 6.07) is 0. The fraction of sp³-hybridized carbons (Fsp3) is 0.889. The number of rotatable bonds is 5. The van der Waals surface area contributed by atoms with E-state index in [1.54, 1.807) is 6.92 Å². The number of carbonyl (C=O) groups is 1. The van der Waals surface area contributed by atoms with Gasteiger partial charge in [-0.15, -0.1) is 0 Å². The highest BCUT2D eigenvalue weighted by molar-refractivity contribution is 7.52. The van der Waals surface area contributed by atoms with E-state index in [2.05, 4.69) is 0 Å². The minimum Gasteiger partial charge on any atom is -0.450 e. The van der Waals surface area contributed by atoms with Crippen molar-refractivity contribution in [3.63, 3.8) is 0 Å². The molecule has 1 fully saturated rings. The Balaban J connectivity index is 2.71. The van der Waals surface area contributed by atoms with Gasteiger partial charge in [-0.05, 0) is 32.6 Å². The zero-order chi connectivity index (χ0) is 12.2. The molecule has 0 aromatic carbocycles. The van der Waals surface area contributed by atoms with Gasteiger partial charge < -0.3 is 19.3 Å². The van der Waals surface area contributed by atoms with E-state index in [4.69, 9.17) is 14.4 Å². The van der Waals surface area contributed by atoms with Gasteiger partial charge >= 0.3 is 13.8 Å². The van der Waals surface area contributed by atoms with E-state index in [-0.39, 0.29) is 12.8 Å². The standard InChI is InChI=1S/C9H17O6P/c1-2-14-16(12,13)7-9(15-8(10)11)5-3-4-6-9/h2-7H2,1H3,(H,10,11)(H,12,13). The quantitative estimate of drug-likeness (QED) is 0.575. The van der Waals surface area contributed by atoms with Crippen LogP contribution < -0.4 is 0 Å². The van der Waals surface area contributed by atoms with Crippen molar-refractivity contribution in [1.82, 2.24) is 0 Å². The highest BCUT2D eigenvalue weighted by Crippen LogP contribution is 2.50. The minimum absolute atomic E-state index is 0.122. The average molecular weight is 252 g/mol. The van der Waals surface area contributed by atoms with Crippen LogP contribution >= 0.6 is 7.60 Å². The smallest absolute Gasteiger partial charge is 0.450 e. The van der Waals surface area contributed by atoms with Gasteiger partial charge in [-0.2, -0.15) is 0 Å². The summed E-state index contributed by atoms with van der Waals surface area (Å²) in [6.07, 6.45) is 0.922. The van der Waals surface area contributed by atoms with E-state index in [0.717, 1.165) is 12.8 Å². The van der Waals surface area contributed by atoms with Crippen LogP contribution in [0.4, 0.5) is 4.79 Å². The molecule has 1 saturated carbocycles. The van der Waals surface area contributed by atoms with Gasteiger partial charge in [0, 0.05) is 0 Å². The van der Waals surface area contributed by atoms with Crippen molar-refractivity contribution in [2.24, 2.45) is 0 Å². The third-order valence-electron chi connectivity index (χ3n) is 2.64. The van der Waals surface area contributed by atoms with Crippen LogP contribution in [0.1, 0.15) is 32.6 Å². The molecular weight excluding hydrogens is 235 g/mol. The molecule has 1 atom stereocenters. The average Bonchev–Trinajstić information content (AvgIpc) is 2.49. The van der Waals surface area contributed by atoms with Crippen LogP contribution in [0.3, 0.4) is 0 Å². The van der Waals surface area contributed by atoms with Gasteiger partial charge in [0.1, 0.15) is 5.60 Å². The summed E-state index contributed by atoms with van der Waals surface area (Å²) in [4.78, 5) is 20.1. The first-order valence-electron chi connectivity index (χ1n) is 5.27. The summed E-state index contributed by atoms with van der Waals surface area (Å²) >= 11 is 0. The van der Waals surface area contributed by atoms with Crippen molar-refractivity contribution >= 4 is 13.8 Å². The van der Waals surface area contributed by atoms with Gasteiger partial charge in [0.15, 0.2) is 0 Å². The van der Waals surface area contributed by atoms with Gasteiger partial charge in [-0.25, -0.2) is 4.79 Å². The lowest BCUT2D eigenvalue weighted by Crippen LogP contribution is -2.35. The number of ether oxygens (including phenoxy) is 1. The molecule has 0 heterocycles. The Morgan fingerprint density at radius 1 is 1.44 bits per heavy atom. The third-order valence-corrected chi connectivity index (χ3v) is 4.27. The maximum absolute atomic E-state index is 11.6. The van der Waals surface area contributed by atoms with Gasteiger partial charge in [0.2, 0.25) is 0 Å². The second kappa shape index (κ2) is 5.17. The van der Waals surface area contributed by atoms with E-state index in [1.165, 1.54) is 0 Å². The van der Waals surface area contributed by atoms with Gasteiger partial charge in [0.05, 0.1) is 12.8 Å². The second-order valence-electron chi connectivity index (χ2n) is 3.97. The second-order valence-corrected chi connectivity index (χ2v) is 5.82. The first-order valence-corrected chi connectivity index (χ1v) is 7.04. The molecule has 16 heavy (non-hydrogen) atoms. The Morgan fingerprint density at radius 2 is 2.00 bits per heavy atom. The van der Waals surface area contributed by atoms with Crippen molar-refractivity contribution < 1.29 is 28.6 Å². The van der Waals surface area contributed by atoms with E-state index < -0.39 is 19.4 Å². The largest absolute Gasteiger partial charge is 0.506 e. The Bertz CT molecular complexity index is 296. The van der Waals surface area contributed by atoms with Crippen molar-refractivity contribution in [3.05, 3.63) is 0 Å². The molecule has 0 aromatic rings. The third kappa shape index (κ3) is 3.77. The topological polar surface area (TPSA) is 93.1 Å². The van der Waals surface area contributed by atoms with Gasteiger partial charge in [-0.3, -0.25) is 4.57 Å². The summed E-state index contributed by atoms with van der Waals surface area (Å²) in [7, 11) is -3.75. The van der Waals surface area contributed by atoms with Crippen LogP contribution in [0.25, 0.3) is 0 Å². The lowest BCUT2D eigenvalue weighted by molar-refractivity contribution is -0.00382. The molecule has 0 aliphatic heterocycles. The summed E-state index contributed by atoms with van der Waals surface area (Å²) in [6.45, 7) is 1.74.